The molecule has 1 aliphatic rings. The molecule has 4 nitrogen and oxygen atoms in total. The van der Waals surface area contributed by atoms with Crippen molar-refractivity contribution < 1.29 is 0 Å². The van der Waals surface area contributed by atoms with Gasteiger partial charge in [-0.2, -0.15) is 0 Å². The van der Waals surface area contributed by atoms with Crippen LogP contribution < -0.4 is 11.1 Å². The van der Waals surface area contributed by atoms with E-state index in [9.17, 15) is 0 Å². The van der Waals surface area contributed by atoms with Gasteiger partial charge in [-0.05, 0) is 18.5 Å². The number of hydrogen-bond donors (Lipinski definition) is 2. The Bertz CT molecular complexity index is 279. The van der Waals surface area contributed by atoms with Gasteiger partial charge in [-0.15, -0.1) is 24.8 Å². The van der Waals surface area contributed by atoms with Gasteiger partial charge in [0.05, 0.1) is 5.69 Å². The summed E-state index contributed by atoms with van der Waals surface area (Å²) in [5.74, 6) is 0.368. The second kappa shape index (κ2) is 5.21. The molecule has 74 valence electrons. The van der Waals surface area contributed by atoms with Crippen LogP contribution >= 0.6 is 24.8 Å². The summed E-state index contributed by atoms with van der Waals surface area (Å²) in [5.41, 5.74) is 7.70. The molecule has 0 unspecified atom stereocenters. The van der Waals surface area contributed by atoms with Crippen molar-refractivity contribution in [1.29, 1.82) is 0 Å². The molecule has 1 aliphatic heterocycles. The lowest BCUT2D eigenvalue weighted by molar-refractivity contribution is 0.624. The predicted molar refractivity (Wildman–Crippen MR) is 56.4 cm³/mol. The van der Waals surface area contributed by atoms with E-state index in [1.807, 2.05) is 6.20 Å². The molecule has 1 aromatic rings. The van der Waals surface area contributed by atoms with Gasteiger partial charge in [-0.3, -0.25) is 0 Å². The molecule has 2 heterocycles. The van der Waals surface area contributed by atoms with Gasteiger partial charge in [0, 0.05) is 12.7 Å². The summed E-state index contributed by atoms with van der Waals surface area (Å²) in [5, 5.41) is 3.22. The van der Waals surface area contributed by atoms with E-state index in [1.165, 1.54) is 5.56 Å². The molecule has 0 atom stereocenters. The quantitative estimate of drug-likeness (QED) is 0.674. The van der Waals surface area contributed by atoms with E-state index in [0.717, 1.165) is 25.2 Å². The molecular formula is C7H12Cl2N4. The SMILES string of the molecule is Cl.Cl.Nc1ncc2c(n1)CNCC2. The molecule has 0 aliphatic carbocycles. The highest BCUT2D eigenvalue weighted by molar-refractivity contribution is 5.85. The normalized spacial score (nSPS) is 13.5. The first-order chi connectivity index (χ1) is 5.36. The Morgan fingerprint density at radius 3 is 2.92 bits per heavy atom. The van der Waals surface area contributed by atoms with Crippen molar-refractivity contribution in [1.82, 2.24) is 15.3 Å². The molecule has 6 heteroatoms. The minimum atomic E-state index is 0. The fourth-order valence-electron chi connectivity index (χ4n) is 1.25. The molecule has 3 N–H and O–H groups in total. The van der Waals surface area contributed by atoms with Crippen molar-refractivity contribution in [2.24, 2.45) is 0 Å². The summed E-state index contributed by atoms with van der Waals surface area (Å²) < 4.78 is 0. The summed E-state index contributed by atoms with van der Waals surface area (Å²) in [6, 6.07) is 0. The number of hydrogen-bond acceptors (Lipinski definition) is 4. The second-order valence-electron chi connectivity index (χ2n) is 2.63. The molecule has 0 saturated carbocycles. The first kappa shape index (κ1) is 12.4. The largest absolute Gasteiger partial charge is 0.368 e. The van der Waals surface area contributed by atoms with Crippen molar-refractivity contribution in [3.05, 3.63) is 17.5 Å². The number of halogens is 2. The Balaban J connectivity index is 0.000000720. The van der Waals surface area contributed by atoms with E-state index < -0.39 is 0 Å². The average molecular weight is 223 g/mol. The zero-order valence-corrected chi connectivity index (χ0v) is 8.62. The highest BCUT2D eigenvalue weighted by Gasteiger charge is 2.09. The average Bonchev–Trinajstić information content (AvgIpc) is 2.04. The monoisotopic (exact) mass is 222 g/mol. The number of fused-ring (bicyclic) bond motifs is 1. The third-order valence-corrected chi connectivity index (χ3v) is 1.84. The number of rotatable bonds is 0. The Labute approximate surface area is 89.2 Å². The van der Waals surface area contributed by atoms with Gasteiger partial charge in [-0.1, -0.05) is 0 Å². The maximum absolute atomic E-state index is 5.43. The van der Waals surface area contributed by atoms with Crippen LogP contribution in [0.2, 0.25) is 0 Å². The number of aromatic nitrogens is 2. The van der Waals surface area contributed by atoms with Crippen LogP contribution in [0.3, 0.4) is 0 Å². The Kier molecular flexibility index (Phi) is 4.98. The Morgan fingerprint density at radius 1 is 1.38 bits per heavy atom. The lowest BCUT2D eigenvalue weighted by Crippen LogP contribution is -2.25. The molecular weight excluding hydrogens is 211 g/mol. The first-order valence-corrected chi connectivity index (χ1v) is 3.67. The molecule has 1 aromatic heterocycles. The van der Waals surface area contributed by atoms with E-state index in [-0.39, 0.29) is 24.8 Å². The molecule has 0 radical (unpaired) electrons. The van der Waals surface area contributed by atoms with E-state index >= 15 is 0 Å². The van der Waals surface area contributed by atoms with Gasteiger partial charge in [0.15, 0.2) is 0 Å². The predicted octanol–water partition coefficient (Wildman–Crippen LogP) is 0.548. The zero-order chi connectivity index (χ0) is 7.68. The molecule has 0 saturated heterocycles. The number of nitrogens with zero attached hydrogens (tertiary/aromatic N) is 2. The number of nitrogens with one attached hydrogen (secondary N) is 1. The van der Waals surface area contributed by atoms with Gasteiger partial charge in [0.2, 0.25) is 5.95 Å². The Hall–Kier alpha value is -0.580. The molecule has 0 aromatic carbocycles. The summed E-state index contributed by atoms with van der Waals surface area (Å²) >= 11 is 0. The standard InChI is InChI=1S/C7H10N4.2ClH/c8-7-10-3-5-1-2-9-4-6(5)11-7;;/h3,9H,1-2,4H2,(H2,8,10,11);2*1H. The van der Waals surface area contributed by atoms with Crippen molar-refractivity contribution in [2.45, 2.75) is 13.0 Å². The molecule has 0 amide bonds. The fourth-order valence-corrected chi connectivity index (χ4v) is 1.25. The van der Waals surface area contributed by atoms with Gasteiger partial charge in [0.1, 0.15) is 0 Å². The summed E-state index contributed by atoms with van der Waals surface area (Å²) in [6.45, 7) is 1.84. The van der Waals surface area contributed by atoms with Crippen LogP contribution in [0.4, 0.5) is 5.95 Å². The van der Waals surface area contributed by atoms with Crippen LogP contribution in [0.1, 0.15) is 11.3 Å². The molecule has 0 bridgehead atoms. The van der Waals surface area contributed by atoms with E-state index in [2.05, 4.69) is 15.3 Å². The highest BCUT2D eigenvalue weighted by atomic mass is 35.5. The van der Waals surface area contributed by atoms with E-state index in [4.69, 9.17) is 5.73 Å². The lowest BCUT2D eigenvalue weighted by atomic mass is 10.1. The van der Waals surface area contributed by atoms with Gasteiger partial charge >= 0.3 is 0 Å². The van der Waals surface area contributed by atoms with Gasteiger partial charge in [-0.25, -0.2) is 9.97 Å². The Morgan fingerprint density at radius 2 is 2.15 bits per heavy atom. The third-order valence-electron chi connectivity index (χ3n) is 1.84. The van der Waals surface area contributed by atoms with Crippen LogP contribution in [0, 0.1) is 0 Å². The number of nitrogens with two attached hydrogens (primary N) is 1. The van der Waals surface area contributed by atoms with Crippen molar-refractivity contribution in [2.75, 3.05) is 12.3 Å². The summed E-state index contributed by atoms with van der Waals surface area (Å²) in [4.78, 5) is 8.05. The molecule has 0 fully saturated rings. The fraction of sp³-hybridized carbons (Fsp3) is 0.429. The van der Waals surface area contributed by atoms with Crippen LogP contribution in [0.25, 0.3) is 0 Å². The minimum absolute atomic E-state index is 0. The highest BCUT2D eigenvalue weighted by Crippen LogP contribution is 2.09. The first-order valence-electron chi connectivity index (χ1n) is 3.67. The zero-order valence-electron chi connectivity index (χ0n) is 6.99. The molecule has 0 spiro atoms. The van der Waals surface area contributed by atoms with Gasteiger partial charge in [0.25, 0.3) is 0 Å². The molecule has 2 rings (SSSR count). The smallest absolute Gasteiger partial charge is 0.220 e. The van der Waals surface area contributed by atoms with Crippen LogP contribution in [-0.4, -0.2) is 16.5 Å². The van der Waals surface area contributed by atoms with Crippen molar-refractivity contribution in [3.8, 4) is 0 Å². The van der Waals surface area contributed by atoms with E-state index in [0.29, 0.717) is 5.95 Å². The number of anilines is 1. The minimum Gasteiger partial charge on any atom is -0.368 e. The topological polar surface area (TPSA) is 63.8 Å². The second-order valence-corrected chi connectivity index (χ2v) is 2.63. The van der Waals surface area contributed by atoms with Crippen molar-refractivity contribution >= 4 is 30.8 Å². The summed E-state index contributed by atoms with van der Waals surface area (Å²) in [6.07, 6.45) is 2.83. The number of nitrogen functional groups attached to an aromatic ring is 1. The van der Waals surface area contributed by atoms with Crippen LogP contribution in [-0.2, 0) is 13.0 Å². The van der Waals surface area contributed by atoms with E-state index in [1.54, 1.807) is 0 Å². The van der Waals surface area contributed by atoms with Crippen molar-refractivity contribution in [3.63, 3.8) is 0 Å². The maximum atomic E-state index is 5.43. The van der Waals surface area contributed by atoms with Crippen LogP contribution in [0.5, 0.6) is 0 Å². The maximum Gasteiger partial charge on any atom is 0.220 e. The lowest BCUT2D eigenvalue weighted by Gasteiger charge is -2.14. The van der Waals surface area contributed by atoms with Crippen LogP contribution in [0.15, 0.2) is 6.20 Å². The third kappa shape index (κ3) is 2.69. The molecule has 13 heavy (non-hydrogen) atoms. The summed E-state index contributed by atoms with van der Waals surface area (Å²) in [7, 11) is 0. The van der Waals surface area contributed by atoms with Gasteiger partial charge < -0.3 is 11.1 Å².